The molecule has 2 aromatic heterocycles. The predicted molar refractivity (Wildman–Crippen MR) is 109 cm³/mol. The molecule has 29 heavy (non-hydrogen) atoms. The zero-order valence-corrected chi connectivity index (χ0v) is 16.9. The van der Waals surface area contributed by atoms with Crippen molar-refractivity contribution in [2.75, 3.05) is 20.1 Å². The van der Waals surface area contributed by atoms with E-state index in [4.69, 9.17) is 4.52 Å². The average molecular weight is 392 g/mol. The fourth-order valence-corrected chi connectivity index (χ4v) is 3.95. The Morgan fingerprint density at radius 1 is 1.21 bits per heavy atom. The van der Waals surface area contributed by atoms with E-state index in [0.717, 1.165) is 18.4 Å². The Bertz CT molecular complexity index is 1070. The molecule has 1 aliphatic rings. The van der Waals surface area contributed by atoms with Crippen molar-refractivity contribution in [1.29, 1.82) is 0 Å². The maximum atomic E-state index is 13.0. The molecule has 1 N–H and O–H groups in total. The summed E-state index contributed by atoms with van der Waals surface area (Å²) in [7, 11) is 1.60. The van der Waals surface area contributed by atoms with E-state index in [-0.39, 0.29) is 17.7 Å². The van der Waals surface area contributed by atoms with Crippen LogP contribution in [0.3, 0.4) is 0 Å². The summed E-state index contributed by atoms with van der Waals surface area (Å²) in [4.78, 5) is 31.6. The molecule has 7 nitrogen and oxygen atoms in total. The lowest BCUT2D eigenvalue weighted by Crippen LogP contribution is -2.39. The van der Waals surface area contributed by atoms with E-state index in [1.54, 1.807) is 13.1 Å². The number of amides is 2. The summed E-state index contributed by atoms with van der Waals surface area (Å²) >= 11 is 0. The van der Waals surface area contributed by atoms with Gasteiger partial charge in [0.2, 0.25) is 0 Å². The molecule has 0 aliphatic carbocycles. The summed E-state index contributed by atoms with van der Waals surface area (Å²) < 4.78 is 5.47. The number of hydrogen-bond donors (Lipinski definition) is 1. The molecule has 1 fully saturated rings. The number of nitrogens with zero attached hydrogens (tertiary/aromatic N) is 3. The van der Waals surface area contributed by atoms with Gasteiger partial charge in [0.15, 0.2) is 0 Å². The van der Waals surface area contributed by atoms with E-state index in [1.807, 2.05) is 43.0 Å². The molecule has 1 unspecified atom stereocenters. The number of pyridine rings is 1. The summed E-state index contributed by atoms with van der Waals surface area (Å²) in [6, 6.07) is 9.37. The van der Waals surface area contributed by atoms with Gasteiger partial charge >= 0.3 is 0 Å². The lowest BCUT2D eigenvalue weighted by Gasteiger charge is -2.32. The van der Waals surface area contributed by atoms with Gasteiger partial charge in [-0.05, 0) is 44.9 Å². The predicted octanol–water partition coefficient (Wildman–Crippen LogP) is 3.22. The third-order valence-corrected chi connectivity index (χ3v) is 5.47. The van der Waals surface area contributed by atoms with Crippen LogP contribution in [0.4, 0.5) is 0 Å². The molecule has 7 heteroatoms. The van der Waals surface area contributed by atoms with Crippen molar-refractivity contribution in [1.82, 2.24) is 20.4 Å². The lowest BCUT2D eigenvalue weighted by atomic mass is 9.91. The molecule has 1 aromatic carbocycles. The summed E-state index contributed by atoms with van der Waals surface area (Å²) in [6.45, 7) is 5.06. The van der Waals surface area contributed by atoms with Crippen molar-refractivity contribution < 1.29 is 14.1 Å². The minimum Gasteiger partial charge on any atom is -0.355 e. The smallest absolute Gasteiger partial charge is 0.259 e. The minimum absolute atomic E-state index is 0.00712. The standard InChI is InChI=1S/C22H24N4O3/c1-13-6-8-15(9-7-13)22(28)26-10-4-5-16(12-26)19-18-17(20(27)23-3)11-14(2)24-21(18)29-25-19/h6-9,11,16H,4-5,10,12H2,1-3H3,(H,23,27). The first-order valence-corrected chi connectivity index (χ1v) is 9.83. The molecular formula is C22H24N4O3. The van der Waals surface area contributed by atoms with Gasteiger partial charge in [0.1, 0.15) is 0 Å². The number of hydrogen-bond acceptors (Lipinski definition) is 5. The van der Waals surface area contributed by atoms with Crippen LogP contribution < -0.4 is 5.32 Å². The van der Waals surface area contributed by atoms with Gasteiger partial charge < -0.3 is 14.7 Å². The molecule has 0 spiro atoms. The number of fused-ring (bicyclic) bond motifs is 1. The maximum Gasteiger partial charge on any atom is 0.259 e. The maximum absolute atomic E-state index is 13.0. The summed E-state index contributed by atoms with van der Waals surface area (Å²) in [6.07, 6.45) is 1.74. The highest BCUT2D eigenvalue weighted by Gasteiger charge is 2.30. The third kappa shape index (κ3) is 3.60. The SMILES string of the molecule is CNC(=O)c1cc(C)nc2onc(C3CCCN(C(=O)c4ccc(C)cc4)C3)c12. The van der Waals surface area contributed by atoms with E-state index in [0.29, 0.717) is 46.7 Å². The molecular weight excluding hydrogens is 368 g/mol. The third-order valence-electron chi connectivity index (χ3n) is 5.47. The van der Waals surface area contributed by atoms with Crippen LogP contribution in [0, 0.1) is 13.8 Å². The van der Waals surface area contributed by atoms with E-state index < -0.39 is 0 Å². The number of rotatable bonds is 3. The van der Waals surface area contributed by atoms with E-state index in [2.05, 4.69) is 15.5 Å². The van der Waals surface area contributed by atoms with Crippen LogP contribution in [-0.4, -0.2) is 47.0 Å². The zero-order chi connectivity index (χ0) is 20.5. The van der Waals surface area contributed by atoms with Crippen LogP contribution in [0.2, 0.25) is 0 Å². The largest absolute Gasteiger partial charge is 0.355 e. The quantitative estimate of drug-likeness (QED) is 0.739. The van der Waals surface area contributed by atoms with Crippen molar-refractivity contribution in [3.8, 4) is 0 Å². The van der Waals surface area contributed by atoms with Crippen LogP contribution in [-0.2, 0) is 0 Å². The van der Waals surface area contributed by atoms with Gasteiger partial charge in [-0.3, -0.25) is 9.59 Å². The molecule has 1 saturated heterocycles. The molecule has 4 rings (SSSR count). The second-order valence-corrected chi connectivity index (χ2v) is 7.59. The number of benzene rings is 1. The van der Waals surface area contributed by atoms with Crippen molar-refractivity contribution in [3.63, 3.8) is 0 Å². The van der Waals surface area contributed by atoms with Gasteiger partial charge in [0.05, 0.1) is 16.6 Å². The fraction of sp³-hybridized carbons (Fsp3) is 0.364. The van der Waals surface area contributed by atoms with Crippen LogP contribution in [0.1, 0.15) is 56.4 Å². The van der Waals surface area contributed by atoms with Gasteiger partial charge in [-0.25, -0.2) is 4.98 Å². The second-order valence-electron chi connectivity index (χ2n) is 7.59. The Kier molecular flexibility index (Phi) is 5.05. The minimum atomic E-state index is -0.201. The summed E-state index contributed by atoms with van der Waals surface area (Å²) in [5.41, 5.74) is 4.07. The number of likely N-dealkylation sites (tertiary alicyclic amines) is 1. The molecule has 3 heterocycles. The number of aryl methyl sites for hydroxylation is 2. The number of aromatic nitrogens is 2. The summed E-state index contributed by atoms with van der Waals surface area (Å²) in [5, 5.41) is 7.58. The lowest BCUT2D eigenvalue weighted by molar-refractivity contribution is 0.0704. The first-order valence-electron chi connectivity index (χ1n) is 9.83. The molecule has 0 radical (unpaired) electrons. The highest BCUT2D eigenvalue weighted by molar-refractivity contribution is 6.06. The van der Waals surface area contributed by atoms with Crippen LogP contribution in [0.15, 0.2) is 34.9 Å². The number of carbonyl (C=O) groups is 2. The topological polar surface area (TPSA) is 88.3 Å². The Morgan fingerprint density at radius 2 is 1.97 bits per heavy atom. The van der Waals surface area contributed by atoms with Gasteiger partial charge in [-0.15, -0.1) is 0 Å². The van der Waals surface area contributed by atoms with E-state index >= 15 is 0 Å². The highest BCUT2D eigenvalue weighted by atomic mass is 16.5. The average Bonchev–Trinajstić information content (AvgIpc) is 3.16. The Labute approximate surface area is 169 Å². The Morgan fingerprint density at radius 3 is 2.69 bits per heavy atom. The van der Waals surface area contributed by atoms with Gasteiger partial charge in [-0.2, -0.15) is 0 Å². The second kappa shape index (κ2) is 7.66. The van der Waals surface area contributed by atoms with Crippen molar-refractivity contribution >= 4 is 22.9 Å². The monoisotopic (exact) mass is 392 g/mol. The molecule has 150 valence electrons. The normalized spacial score (nSPS) is 16.8. The first-order chi connectivity index (χ1) is 14.0. The van der Waals surface area contributed by atoms with Gasteiger partial charge in [0.25, 0.3) is 17.5 Å². The number of carbonyl (C=O) groups excluding carboxylic acids is 2. The van der Waals surface area contributed by atoms with E-state index in [1.165, 1.54) is 0 Å². The van der Waals surface area contributed by atoms with Crippen LogP contribution in [0.25, 0.3) is 11.1 Å². The Hall–Kier alpha value is -3.22. The summed E-state index contributed by atoms with van der Waals surface area (Å²) in [5.74, 6) is -0.191. The van der Waals surface area contributed by atoms with Gasteiger partial charge in [-0.1, -0.05) is 22.9 Å². The van der Waals surface area contributed by atoms with Crippen molar-refractivity contribution in [2.24, 2.45) is 0 Å². The molecule has 3 aromatic rings. The number of piperidine rings is 1. The van der Waals surface area contributed by atoms with Gasteiger partial charge in [0, 0.05) is 37.3 Å². The zero-order valence-electron chi connectivity index (χ0n) is 16.9. The van der Waals surface area contributed by atoms with Crippen LogP contribution in [0.5, 0.6) is 0 Å². The van der Waals surface area contributed by atoms with Crippen molar-refractivity contribution in [2.45, 2.75) is 32.6 Å². The van der Waals surface area contributed by atoms with Crippen molar-refractivity contribution in [3.05, 3.63) is 58.4 Å². The molecule has 1 atom stereocenters. The highest BCUT2D eigenvalue weighted by Crippen LogP contribution is 2.33. The molecule has 0 saturated carbocycles. The molecule has 0 bridgehead atoms. The van der Waals surface area contributed by atoms with E-state index in [9.17, 15) is 9.59 Å². The number of nitrogens with one attached hydrogen (secondary N) is 1. The Balaban J connectivity index is 1.66. The first kappa shape index (κ1) is 19.1. The fourth-order valence-electron chi connectivity index (χ4n) is 3.95. The van der Waals surface area contributed by atoms with Crippen LogP contribution >= 0.6 is 0 Å². The molecule has 2 amide bonds. The molecule has 1 aliphatic heterocycles.